The Balaban J connectivity index is 5.09. The molecule has 0 amide bonds. The number of hydrogen-bond acceptors (Lipinski definition) is 15. The van der Waals surface area contributed by atoms with Gasteiger partial charge in [-0.05, 0) is 37.5 Å². The highest BCUT2D eigenvalue weighted by Crippen LogP contribution is 2.45. The lowest BCUT2D eigenvalue weighted by Crippen LogP contribution is -2.30. The summed E-state index contributed by atoms with van der Waals surface area (Å²) in [6.07, 6.45) is 46.2. The maximum Gasteiger partial charge on any atom is 0.472 e. The van der Waals surface area contributed by atoms with Gasteiger partial charge in [0.2, 0.25) is 0 Å². The maximum absolute atomic E-state index is 13.0. The van der Waals surface area contributed by atoms with Gasteiger partial charge in [-0.25, -0.2) is 9.13 Å². The number of aliphatic hydroxyl groups excluding tert-OH is 1. The summed E-state index contributed by atoms with van der Waals surface area (Å²) in [5.74, 6) is -0.488. The molecule has 0 saturated carbocycles. The predicted molar refractivity (Wildman–Crippen MR) is 354 cm³/mol. The summed E-state index contributed by atoms with van der Waals surface area (Å²) < 4.78 is 68.0. The molecule has 0 aromatic rings. The molecule has 0 fully saturated rings. The Morgan fingerprint density at radius 2 is 0.545 bits per heavy atom. The fourth-order valence-electron chi connectivity index (χ4n) is 10.4. The molecule has 3 N–H and O–H groups in total. The fourth-order valence-corrected chi connectivity index (χ4v) is 11.9. The molecule has 0 bridgehead atoms. The summed E-state index contributed by atoms with van der Waals surface area (Å²) in [5.41, 5.74) is 0. The van der Waals surface area contributed by atoms with Crippen LogP contribution in [0.4, 0.5) is 0 Å². The molecule has 0 aliphatic rings. The quantitative estimate of drug-likeness (QED) is 0.0222. The molecule has 88 heavy (non-hydrogen) atoms. The van der Waals surface area contributed by atoms with E-state index in [0.29, 0.717) is 25.7 Å². The summed E-state index contributed by atoms with van der Waals surface area (Å²) >= 11 is 0. The van der Waals surface area contributed by atoms with E-state index < -0.39 is 97.5 Å². The summed E-state index contributed by atoms with van der Waals surface area (Å²) in [7, 11) is -9.88. The molecule has 0 aliphatic heterocycles. The average Bonchev–Trinajstić information content (AvgIpc) is 3.48. The van der Waals surface area contributed by atoms with E-state index in [0.717, 1.165) is 127 Å². The molecule has 0 aliphatic carbocycles. The number of ether oxygens (including phenoxy) is 4. The van der Waals surface area contributed by atoms with Crippen LogP contribution in [0.3, 0.4) is 0 Å². The first-order chi connectivity index (χ1) is 42.4. The first kappa shape index (κ1) is 86.1. The second kappa shape index (κ2) is 61.3. The van der Waals surface area contributed by atoms with Crippen LogP contribution in [-0.4, -0.2) is 96.7 Å². The number of esters is 4. The molecule has 0 heterocycles. The van der Waals surface area contributed by atoms with Crippen molar-refractivity contribution >= 4 is 39.5 Å². The number of carbonyl (C=O) groups is 4. The molecule has 0 spiro atoms. The first-order valence-corrected chi connectivity index (χ1v) is 39.1. The van der Waals surface area contributed by atoms with Crippen molar-refractivity contribution in [3.05, 3.63) is 0 Å². The third-order valence-electron chi connectivity index (χ3n) is 16.7. The van der Waals surface area contributed by atoms with Gasteiger partial charge in [0.25, 0.3) is 0 Å². The standard InChI is InChI=1S/C69H134O17P2/c1-7-11-13-15-31-39-45-51-66(71)79-57-64(85-68(73)53-47-41-32-16-14-12-8-2)59-83-87(75,76)81-55-63(70)56-82-88(77,78)84-60-65(58-80-67(72)52-46-40-35-30-29-34-38-44-50-62(6)10-4)86-69(74)54-48-42-36-28-26-24-22-20-18-17-19-21-23-25-27-33-37-43-49-61(5)9-3/h61-65,70H,7-60H2,1-6H3,(H,75,76)(H,77,78)/t61?,62?,63-,64+,65+/m0/s1. The number of hydrogen-bond donors (Lipinski definition) is 3. The van der Waals surface area contributed by atoms with Crippen LogP contribution in [0, 0.1) is 11.8 Å². The van der Waals surface area contributed by atoms with E-state index in [4.69, 9.17) is 37.0 Å². The summed E-state index contributed by atoms with van der Waals surface area (Å²) in [4.78, 5) is 72.1. The summed E-state index contributed by atoms with van der Waals surface area (Å²) in [5, 5.41) is 10.5. The van der Waals surface area contributed by atoms with Crippen molar-refractivity contribution in [2.75, 3.05) is 39.6 Å². The van der Waals surface area contributed by atoms with Crippen LogP contribution in [0.1, 0.15) is 350 Å². The second-order valence-electron chi connectivity index (χ2n) is 25.4. The van der Waals surface area contributed by atoms with Crippen LogP contribution in [0.15, 0.2) is 0 Å². The minimum atomic E-state index is -4.95. The largest absolute Gasteiger partial charge is 0.472 e. The molecule has 0 aromatic carbocycles. The fraction of sp³-hybridized carbons (Fsp3) is 0.942. The van der Waals surface area contributed by atoms with Crippen molar-refractivity contribution in [1.29, 1.82) is 0 Å². The molecule has 0 radical (unpaired) electrons. The van der Waals surface area contributed by atoms with E-state index in [2.05, 4.69) is 41.5 Å². The van der Waals surface area contributed by atoms with E-state index in [1.807, 2.05) is 0 Å². The number of unbranched alkanes of at least 4 members (excludes halogenated alkanes) is 36. The van der Waals surface area contributed by atoms with E-state index in [1.54, 1.807) is 0 Å². The van der Waals surface area contributed by atoms with E-state index in [9.17, 15) is 43.2 Å². The van der Waals surface area contributed by atoms with Crippen LogP contribution in [-0.2, 0) is 65.4 Å². The zero-order chi connectivity index (χ0) is 65.0. The molecule has 19 heteroatoms. The van der Waals surface area contributed by atoms with Crippen molar-refractivity contribution in [1.82, 2.24) is 0 Å². The van der Waals surface area contributed by atoms with Gasteiger partial charge in [0.15, 0.2) is 12.2 Å². The Morgan fingerprint density at radius 3 is 0.807 bits per heavy atom. The van der Waals surface area contributed by atoms with E-state index in [1.165, 1.54) is 141 Å². The predicted octanol–water partition coefficient (Wildman–Crippen LogP) is 19.6. The van der Waals surface area contributed by atoms with Gasteiger partial charge in [-0.2, -0.15) is 0 Å². The Morgan fingerprint density at radius 1 is 0.318 bits per heavy atom. The van der Waals surface area contributed by atoms with Crippen molar-refractivity contribution < 1.29 is 80.2 Å². The van der Waals surface area contributed by atoms with Gasteiger partial charge in [-0.3, -0.25) is 37.3 Å². The van der Waals surface area contributed by atoms with Crippen molar-refractivity contribution in [3.8, 4) is 0 Å². The molecular weight excluding hydrogens is 1160 g/mol. The van der Waals surface area contributed by atoms with Gasteiger partial charge < -0.3 is 33.8 Å². The lowest BCUT2D eigenvalue weighted by atomic mass is 9.99. The highest BCUT2D eigenvalue weighted by atomic mass is 31.2. The zero-order valence-corrected chi connectivity index (χ0v) is 58.8. The van der Waals surface area contributed by atoms with Gasteiger partial charge in [0.1, 0.15) is 19.3 Å². The van der Waals surface area contributed by atoms with Crippen molar-refractivity contribution in [3.63, 3.8) is 0 Å². The number of phosphoric acid groups is 2. The zero-order valence-electron chi connectivity index (χ0n) is 57.0. The lowest BCUT2D eigenvalue weighted by molar-refractivity contribution is -0.161. The molecule has 4 unspecified atom stereocenters. The molecule has 522 valence electrons. The van der Waals surface area contributed by atoms with Crippen LogP contribution < -0.4 is 0 Å². The summed E-state index contributed by atoms with van der Waals surface area (Å²) in [6, 6.07) is 0. The molecule has 0 aromatic heterocycles. The van der Waals surface area contributed by atoms with E-state index >= 15 is 0 Å². The lowest BCUT2D eigenvalue weighted by Gasteiger charge is -2.21. The van der Waals surface area contributed by atoms with Crippen LogP contribution >= 0.6 is 15.6 Å². The summed E-state index contributed by atoms with van der Waals surface area (Å²) in [6.45, 7) is 9.52. The third-order valence-corrected chi connectivity index (χ3v) is 18.6. The monoisotopic (exact) mass is 1300 g/mol. The molecule has 17 nitrogen and oxygen atoms in total. The topological polar surface area (TPSA) is 237 Å². The van der Waals surface area contributed by atoms with Gasteiger partial charge >= 0.3 is 39.5 Å². The smallest absolute Gasteiger partial charge is 0.462 e. The average molecular weight is 1300 g/mol. The van der Waals surface area contributed by atoms with Crippen LogP contribution in [0.25, 0.3) is 0 Å². The van der Waals surface area contributed by atoms with Gasteiger partial charge in [0.05, 0.1) is 26.4 Å². The van der Waals surface area contributed by atoms with Crippen LogP contribution in [0.2, 0.25) is 0 Å². The Kier molecular flexibility index (Phi) is 59.9. The normalized spacial score (nSPS) is 14.8. The second-order valence-corrected chi connectivity index (χ2v) is 28.3. The Bertz CT molecular complexity index is 1720. The number of rotatable bonds is 68. The molecule has 0 saturated heterocycles. The van der Waals surface area contributed by atoms with Crippen molar-refractivity contribution in [2.24, 2.45) is 11.8 Å². The minimum absolute atomic E-state index is 0.103. The maximum atomic E-state index is 13.0. The first-order valence-electron chi connectivity index (χ1n) is 36.1. The minimum Gasteiger partial charge on any atom is -0.462 e. The SMILES string of the molecule is CCCCCCCCCC(=O)OC[C@H](COP(=O)(O)OC[C@H](O)COP(=O)(O)OC[C@@H](COC(=O)CCCCCCCCCCC(C)CC)OC(=O)CCCCCCCCCCCCCCCCCCCCC(C)CC)OC(=O)CCCCCCCCC. The number of phosphoric ester groups is 2. The van der Waals surface area contributed by atoms with Gasteiger partial charge in [0, 0.05) is 25.7 Å². The number of carbonyl (C=O) groups excluding carboxylic acids is 4. The molecule has 0 rings (SSSR count). The number of aliphatic hydroxyl groups is 1. The highest BCUT2D eigenvalue weighted by Gasteiger charge is 2.30. The van der Waals surface area contributed by atoms with Crippen LogP contribution in [0.5, 0.6) is 0 Å². The Hall–Kier alpha value is -1.94. The third kappa shape index (κ3) is 60.3. The molecule has 7 atom stereocenters. The molecular formula is C69H134O17P2. The highest BCUT2D eigenvalue weighted by molar-refractivity contribution is 7.47. The van der Waals surface area contributed by atoms with Gasteiger partial charge in [-0.1, -0.05) is 298 Å². The van der Waals surface area contributed by atoms with E-state index in [-0.39, 0.29) is 25.7 Å². The van der Waals surface area contributed by atoms with Gasteiger partial charge in [-0.15, -0.1) is 0 Å². The Labute approximate surface area is 537 Å². The van der Waals surface area contributed by atoms with Crippen molar-refractivity contribution in [2.45, 2.75) is 368 Å².